The van der Waals surface area contributed by atoms with Crippen LogP contribution < -0.4 is 5.56 Å². The Bertz CT molecular complexity index is 1500. The lowest BCUT2D eigenvalue weighted by Gasteiger charge is -2.13. The Balaban J connectivity index is 1.47. The maximum atomic E-state index is 13.7. The Morgan fingerprint density at radius 3 is 2.55 bits per heavy atom. The van der Waals surface area contributed by atoms with Crippen LogP contribution in [-0.2, 0) is 12.2 Å². The molecule has 0 N–H and O–H groups in total. The zero-order valence-electron chi connectivity index (χ0n) is 17.1. The normalized spacial score (nSPS) is 11.2. The number of thioether (sulfide) groups is 1. The fraction of sp³-hybridized carbons (Fsp3) is 0.0833. The topological polar surface area (TPSA) is 73.8 Å². The molecule has 0 aliphatic heterocycles. The lowest BCUT2D eigenvalue weighted by atomic mass is 10.2. The third-order valence-electron chi connectivity index (χ3n) is 4.94. The second kappa shape index (κ2) is 9.17. The summed E-state index contributed by atoms with van der Waals surface area (Å²) in [7, 11) is 0. The van der Waals surface area contributed by atoms with Crippen molar-refractivity contribution in [2.75, 3.05) is 0 Å². The van der Waals surface area contributed by atoms with Crippen molar-refractivity contribution in [1.82, 2.24) is 19.7 Å². The van der Waals surface area contributed by atoms with Crippen LogP contribution in [0.15, 0.2) is 87.2 Å². The molecule has 2 aromatic heterocycles. The van der Waals surface area contributed by atoms with Crippen LogP contribution in [0.2, 0.25) is 5.02 Å². The van der Waals surface area contributed by atoms with Crippen molar-refractivity contribution >= 4 is 34.3 Å². The molecule has 0 spiro atoms. The maximum Gasteiger partial charge on any atom is 0.266 e. The summed E-state index contributed by atoms with van der Waals surface area (Å²) in [6.45, 7) is 0. The van der Waals surface area contributed by atoms with Crippen molar-refractivity contribution in [2.45, 2.75) is 17.3 Å². The summed E-state index contributed by atoms with van der Waals surface area (Å²) in [5.74, 6) is 0.665. The van der Waals surface area contributed by atoms with Crippen LogP contribution >= 0.6 is 23.4 Å². The highest BCUT2D eigenvalue weighted by Gasteiger charge is 2.16. The van der Waals surface area contributed by atoms with Crippen LogP contribution in [0.25, 0.3) is 16.6 Å². The van der Waals surface area contributed by atoms with Crippen molar-refractivity contribution < 1.29 is 8.81 Å². The number of fused-ring (bicyclic) bond motifs is 1. The minimum Gasteiger partial charge on any atom is -0.424 e. The summed E-state index contributed by atoms with van der Waals surface area (Å²) in [5, 5.41) is 9.01. The summed E-state index contributed by atoms with van der Waals surface area (Å²) < 4.78 is 20.9. The van der Waals surface area contributed by atoms with Crippen molar-refractivity contribution in [3.63, 3.8) is 0 Å². The van der Waals surface area contributed by atoms with Gasteiger partial charge in [-0.2, -0.15) is 0 Å². The molecule has 0 aliphatic carbocycles. The molecule has 0 saturated carbocycles. The molecule has 0 fully saturated rings. The highest BCUT2D eigenvalue weighted by molar-refractivity contribution is 7.98. The largest absolute Gasteiger partial charge is 0.424 e. The molecule has 3 aromatic carbocycles. The first-order valence-corrected chi connectivity index (χ1v) is 11.4. The lowest BCUT2D eigenvalue weighted by Crippen LogP contribution is -2.21. The first-order valence-electron chi connectivity index (χ1n) is 10.0. The van der Waals surface area contributed by atoms with Gasteiger partial charge in [0.25, 0.3) is 5.56 Å². The molecule has 9 heteroatoms. The van der Waals surface area contributed by atoms with Crippen molar-refractivity contribution in [2.24, 2.45) is 0 Å². The molecule has 164 valence electrons. The number of para-hydroxylation sites is 1. The summed E-state index contributed by atoms with van der Waals surface area (Å²) in [5.41, 5.74) is 1.77. The molecule has 0 unspecified atom stereocenters. The van der Waals surface area contributed by atoms with E-state index in [0.717, 1.165) is 5.56 Å². The molecule has 2 heterocycles. The highest BCUT2D eigenvalue weighted by Crippen LogP contribution is 2.26. The Kier molecular flexibility index (Phi) is 5.93. The lowest BCUT2D eigenvalue weighted by molar-refractivity contribution is 0.474. The highest BCUT2D eigenvalue weighted by atomic mass is 35.5. The van der Waals surface area contributed by atoms with Gasteiger partial charge in [0, 0.05) is 0 Å². The first kappa shape index (κ1) is 21.4. The van der Waals surface area contributed by atoms with Gasteiger partial charge >= 0.3 is 0 Å². The molecule has 0 atom stereocenters. The number of aromatic nitrogens is 4. The molecule has 0 radical (unpaired) electrons. The first-order chi connectivity index (χ1) is 16.1. The Morgan fingerprint density at radius 2 is 1.73 bits per heavy atom. The van der Waals surface area contributed by atoms with Crippen molar-refractivity contribution in [1.29, 1.82) is 0 Å². The van der Waals surface area contributed by atoms with Gasteiger partial charge in [-0.3, -0.25) is 9.36 Å². The summed E-state index contributed by atoms with van der Waals surface area (Å²) in [6.07, 6.45) is 0.533. The molecule has 5 rings (SSSR count). The average molecular weight is 479 g/mol. The van der Waals surface area contributed by atoms with E-state index in [1.807, 2.05) is 36.4 Å². The van der Waals surface area contributed by atoms with Gasteiger partial charge < -0.3 is 4.42 Å². The summed E-state index contributed by atoms with van der Waals surface area (Å²) >= 11 is 7.25. The van der Waals surface area contributed by atoms with E-state index in [-0.39, 0.29) is 10.6 Å². The van der Waals surface area contributed by atoms with E-state index in [2.05, 4.69) is 15.2 Å². The molecule has 6 nitrogen and oxygen atoms in total. The van der Waals surface area contributed by atoms with Crippen LogP contribution in [0.4, 0.5) is 4.39 Å². The quantitative estimate of drug-likeness (QED) is 0.239. The van der Waals surface area contributed by atoms with E-state index >= 15 is 0 Å². The number of nitrogens with zero attached hydrogens (tertiary/aromatic N) is 4. The molecule has 33 heavy (non-hydrogen) atoms. The minimum absolute atomic E-state index is 0.0778. The number of halogens is 2. The van der Waals surface area contributed by atoms with Crippen LogP contribution in [0, 0.1) is 5.82 Å². The van der Waals surface area contributed by atoms with Crippen LogP contribution in [0.1, 0.15) is 17.3 Å². The van der Waals surface area contributed by atoms with Crippen LogP contribution in [0.3, 0.4) is 0 Å². The van der Waals surface area contributed by atoms with E-state index in [9.17, 15) is 9.18 Å². The zero-order chi connectivity index (χ0) is 22.8. The van der Waals surface area contributed by atoms with E-state index in [4.69, 9.17) is 16.0 Å². The van der Waals surface area contributed by atoms with Gasteiger partial charge in [0.1, 0.15) is 5.82 Å². The molecule has 0 bridgehead atoms. The van der Waals surface area contributed by atoms with Gasteiger partial charge in [-0.15, -0.1) is 10.2 Å². The second-order valence-electron chi connectivity index (χ2n) is 7.19. The van der Waals surface area contributed by atoms with E-state index < -0.39 is 5.82 Å². The smallest absolute Gasteiger partial charge is 0.266 e. The Morgan fingerprint density at radius 1 is 0.970 bits per heavy atom. The summed E-state index contributed by atoms with van der Waals surface area (Å²) in [4.78, 5) is 17.9. The SMILES string of the molecule is O=c1c2ccccc2nc(SCc2nnc(Cc3ccccc3)o2)n1-c1ccc(F)c(Cl)c1. The van der Waals surface area contributed by atoms with Crippen LogP contribution in [0.5, 0.6) is 0 Å². The fourth-order valence-electron chi connectivity index (χ4n) is 3.38. The minimum atomic E-state index is -0.562. The Labute approximate surface area is 197 Å². The fourth-order valence-corrected chi connectivity index (χ4v) is 4.40. The van der Waals surface area contributed by atoms with Gasteiger partial charge in [0.2, 0.25) is 11.8 Å². The molecular formula is C24H16ClFN4O2S. The maximum absolute atomic E-state index is 13.7. The van der Waals surface area contributed by atoms with E-state index in [0.29, 0.717) is 45.7 Å². The Hall–Kier alpha value is -3.49. The second-order valence-corrected chi connectivity index (χ2v) is 8.54. The zero-order valence-corrected chi connectivity index (χ0v) is 18.7. The number of hydrogen-bond donors (Lipinski definition) is 0. The number of benzene rings is 3. The third-order valence-corrected chi connectivity index (χ3v) is 6.15. The molecule has 5 aromatic rings. The standard InChI is InChI=1S/C24H16ClFN4O2S/c25-18-13-16(10-11-19(18)26)30-23(31)17-8-4-5-9-20(17)27-24(30)33-14-22-29-28-21(32-22)12-15-6-2-1-3-7-15/h1-11,13H,12,14H2. The number of hydrogen-bond acceptors (Lipinski definition) is 6. The van der Waals surface area contributed by atoms with E-state index in [1.54, 1.807) is 18.2 Å². The summed E-state index contributed by atoms with van der Waals surface area (Å²) in [6, 6.07) is 21.0. The monoisotopic (exact) mass is 478 g/mol. The van der Waals surface area contributed by atoms with Crippen molar-refractivity contribution in [3.8, 4) is 5.69 Å². The predicted octanol–water partition coefficient (Wildman–Crippen LogP) is 5.44. The van der Waals surface area contributed by atoms with Gasteiger partial charge in [0.15, 0.2) is 5.16 Å². The molecule has 0 saturated heterocycles. The molecular weight excluding hydrogens is 463 g/mol. The number of rotatable bonds is 6. The predicted molar refractivity (Wildman–Crippen MR) is 125 cm³/mol. The van der Waals surface area contributed by atoms with Crippen LogP contribution in [-0.4, -0.2) is 19.7 Å². The molecule has 0 aliphatic rings. The van der Waals surface area contributed by atoms with Gasteiger partial charge in [-0.05, 0) is 35.9 Å². The van der Waals surface area contributed by atoms with E-state index in [1.165, 1.54) is 34.5 Å². The van der Waals surface area contributed by atoms with Gasteiger partial charge in [-0.1, -0.05) is 65.8 Å². The average Bonchev–Trinajstić information content (AvgIpc) is 3.28. The molecule has 0 amide bonds. The third kappa shape index (κ3) is 4.53. The van der Waals surface area contributed by atoms with Crippen molar-refractivity contribution in [3.05, 3.63) is 111 Å². The van der Waals surface area contributed by atoms with Gasteiger partial charge in [0.05, 0.1) is 33.8 Å². The van der Waals surface area contributed by atoms with Gasteiger partial charge in [-0.25, -0.2) is 9.37 Å².